The van der Waals surface area contributed by atoms with Crippen LogP contribution in [-0.2, 0) is 11.3 Å². The van der Waals surface area contributed by atoms with E-state index in [1.54, 1.807) is 26.2 Å². The third-order valence-corrected chi connectivity index (χ3v) is 5.42. The number of aromatic nitrogens is 2. The van der Waals surface area contributed by atoms with Crippen molar-refractivity contribution in [2.45, 2.75) is 27.3 Å². The minimum atomic E-state index is -0.523. The molecule has 0 spiro atoms. The number of primary amides is 1. The molecule has 1 aliphatic rings. The molecule has 1 unspecified atom stereocenters. The summed E-state index contributed by atoms with van der Waals surface area (Å²) in [6.45, 7) is 6.43. The number of nitrogens with two attached hydrogens (primary N) is 1. The maximum Gasteiger partial charge on any atom is 0.316 e. The molecule has 1 aliphatic heterocycles. The molecule has 0 radical (unpaired) electrons. The molecular formula is C23H30N6O3. The summed E-state index contributed by atoms with van der Waals surface area (Å²) in [7, 11) is 1.79. The Morgan fingerprint density at radius 2 is 2.19 bits per heavy atom. The van der Waals surface area contributed by atoms with Crippen molar-refractivity contribution < 1.29 is 14.6 Å². The zero-order valence-corrected chi connectivity index (χ0v) is 18.8. The number of ether oxygens (including phenoxy) is 1. The highest BCUT2D eigenvalue weighted by atomic mass is 16.5. The number of nitrogens with one attached hydrogen (secondary N) is 3. The molecule has 3 rings (SSSR count). The Labute approximate surface area is 187 Å². The minimum absolute atomic E-state index is 0.118. The second kappa shape index (κ2) is 10.3. The summed E-state index contributed by atoms with van der Waals surface area (Å²) >= 11 is 0. The Morgan fingerprint density at radius 1 is 1.41 bits per heavy atom. The van der Waals surface area contributed by atoms with Gasteiger partial charge in [0, 0.05) is 36.6 Å². The summed E-state index contributed by atoms with van der Waals surface area (Å²) in [5.74, 6) is -0.938. The van der Waals surface area contributed by atoms with E-state index >= 15 is 0 Å². The van der Waals surface area contributed by atoms with Gasteiger partial charge in [-0.1, -0.05) is 6.07 Å². The number of aryl methyl sites for hydroxylation is 1. The van der Waals surface area contributed by atoms with Crippen molar-refractivity contribution in [3.63, 3.8) is 0 Å². The topological polar surface area (TPSA) is 134 Å². The minimum Gasteiger partial charge on any atom is -0.461 e. The second-order valence-corrected chi connectivity index (χ2v) is 7.59. The number of anilines is 1. The number of hydrogen-bond donors (Lipinski definition) is 5. The van der Waals surface area contributed by atoms with E-state index in [0.717, 1.165) is 39.2 Å². The number of hydrogen-bond acceptors (Lipinski definition) is 8. The van der Waals surface area contributed by atoms with Crippen LogP contribution in [0.4, 0.5) is 5.69 Å². The van der Waals surface area contributed by atoms with Crippen LogP contribution in [0.1, 0.15) is 36.2 Å². The SMILES string of the molecule is CN/C(=C(/C=C(\C)c1ccnc(OCCO)n1)c1c(C)ccc2c1CNN2)C(C)C(N)=O. The lowest BCUT2D eigenvalue weighted by molar-refractivity contribution is -0.120. The van der Waals surface area contributed by atoms with Crippen LogP contribution in [0, 0.1) is 12.8 Å². The van der Waals surface area contributed by atoms with E-state index in [-0.39, 0.29) is 19.2 Å². The van der Waals surface area contributed by atoms with E-state index in [2.05, 4.69) is 26.1 Å². The molecule has 2 heterocycles. The van der Waals surface area contributed by atoms with Gasteiger partial charge in [0.2, 0.25) is 5.91 Å². The highest BCUT2D eigenvalue weighted by Crippen LogP contribution is 2.36. The first-order valence-electron chi connectivity index (χ1n) is 10.5. The maximum absolute atomic E-state index is 12.1. The van der Waals surface area contributed by atoms with Crippen molar-refractivity contribution in [2.24, 2.45) is 11.7 Å². The number of carbonyl (C=O) groups excluding carboxylic acids is 1. The van der Waals surface area contributed by atoms with E-state index in [9.17, 15) is 4.79 Å². The highest BCUT2D eigenvalue weighted by Gasteiger charge is 2.24. The lowest BCUT2D eigenvalue weighted by Crippen LogP contribution is -2.28. The molecule has 0 saturated carbocycles. The largest absolute Gasteiger partial charge is 0.461 e. The molecule has 0 saturated heterocycles. The van der Waals surface area contributed by atoms with Crippen LogP contribution in [0.25, 0.3) is 11.1 Å². The Balaban J connectivity index is 2.19. The fourth-order valence-corrected chi connectivity index (χ4v) is 3.74. The van der Waals surface area contributed by atoms with Crippen LogP contribution in [0.2, 0.25) is 0 Å². The molecule has 0 bridgehead atoms. The second-order valence-electron chi connectivity index (χ2n) is 7.59. The van der Waals surface area contributed by atoms with Gasteiger partial charge >= 0.3 is 6.01 Å². The lowest BCUT2D eigenvalue weighted by Gasteiger charge is -2.21. The number of rotatable bonds is 9. The van der Waals surface area contributed by atoms with Gasteiger partial charge < -0.3 is 26.3 Å². The number of nitrogens with zero attached hydrogens (tertiary/aromatic N) is 2. The van der Waals surface area contributed by atoms with Crippen LogP contribution in [0.3, 0.4) is 0 Å². The molecule has 32 heavy (non-hydrogen) atoms. The Hall–Kier alpha value is -3.43. The molecule has 2 aromatic rings. The van der Waals surface area contributed by atoms with Crippen LogP contribution >= 0.6 is 0 Å². The van der Waals surface area contributed by atoms with Crippen molar-refractivity contribution in [3.05, 3.63) is 58.6 Å². The molecule has 1 aromatic carbocycles. The number of hydrazine groups is 1. The van der Waals surface area contributed by atoms with E-state index in [4.69, 9.17) is 15.6 Å². The third kappa shape index (κ3) is 4.90. The van der Waals surface area contributed by atoms with E-state index in [0.29, 0.717) is 12.2 Å². The first kappa shape index (κ1) is 23.2. The van der Waals surface area contributed by atoms with E-state index in [1.807, 2.05) is 32.1 Å². The number of carbonyl (C=O) groups is 1. The third-order valence-electron chi connectivity index (χ3n) is 5.42. The van der Waals surface area contributed by atoms with Gasteiger partial charge in [0.1, 0.15) is 6.61 Å². The number of aliphatic hydroxyl groups is 1. The Morgan fingerprint density at radius 3 is 2.88 bits per heavy atom. The maximum atomic E-state index is 12.1. The number of aliphatic hydroxyl groups excluding tert-OH is 1. The average molecular weight is 439 g/mol. The summed E-state index contributed by atoms with van der Waals surface area (Å²) in [5.41, 5.74) is 19.4. The number of fused-ring (bicyclic) bond motifs is 1. The molecule has 6 N–H and O–H groups in total. The molecule has 9 nitrogen and oxygen atoms in total. The predicted octanol–water partition coefficient (Wildman–Crippen LogP) is 1.74. The summed E-state index contributed by atoms with van der Waals surface area (Å²) < 4.78 is 5.35. The molecule has 0 aliphatic carbocycles. The Bertz CT molecular complexity index is 1060. The van der Waals surface area contributed by atoms with E-state index < -0.39 is 11.8 Å². The summed E-state index contributed by atoms with van der Waals surface area (Å²) in [5, 5.41) is 12.2. The van der Waals surface area contributed by atoms with Crippen molar-refractivity contribution in [1.82, 2.24) is 20.7 Å². The molecule has 1 atom stereocenters. The van der Waals surface area contributed by atoms with Gasteiger partial charge in [0.05, 0.1) is 23.9 Å². The fraction of sp³-hybridized carbons (Fsp3) is 0.348. The molecular weight excluding hydrogens is 408 g/mol. The molecule has 1 amide bonds. The van der Waals surface area contributed by atoms with Gasteiger partial charge in [-0.15, -0.1) is 0 Å². The smallest absolute Gasteiger partial charge is 0.316 e. The van der Waals surface area contributed by atoms with Crippen molar-refractivity contribution in [3.8, 4) is 6.01 Å². The van der Waals surface area contributed by atoms with Gasteiger partial charge in [-0.05, 0) is 55.7 Å². The predicted molar refractivity (Wildman–Crippen MR) is 124 cm³/mol. The first-order valence-corrected chi connectivity index (χ1v) is 10.5. The molecule has 9 heteroatoms. The summed E-state index contributed by atoms with van der Waals surface area (Å²) in [4.78, 5) is 20.6. The lowest BCUT2D eigenvalue weighted by atomic mass is 9.88. The van der Waals surface area contributed by atoms with Crippen LogP contribution in [-0.4, -0.2) is 41.2 Å². The van der Waals surface area contributed by atoms with Crippen LogP contribution < -0.4 is 26.6 Å². The number of benzene rings is 1. The summed E-state index contributed by atoms with van der Waals surface area (Å²) in [6.07, 6.45) is 3.62. The zero-order chi connectivity index (χ0) is 23.3. The van der Waals surface area contributed by atoms with Gasteiger partial charge in [-0.3, -0.25) is 4.79 Å². The zero-order valence-electron chi connectivity index (χ0n) is 18.8. The van der Waals surface area contributed by atoms with Gasteiger partial charge in [-0.2, -0.15) is 4.98 Å². The van der Waals surface area contributed by atoms with Crippen LogP contribution in [0.15, 0.2) is 36.2 Å². The van der Waals surface area contributed by atoms with Gasteiger partial charge in [0.15, 0.2) is 0 Å². The van der Waals surface area contributed by atoms with Crippen molar-refractivity contribution in [2.75, 3.05) is 25.7 Å². The Kier molecular flexibility index (Phi) is 7.45. The van der Waals surface area contributed by atoms with Crippen molar-refractivity contribution >= 4 is 22.7 Å². The van der Waals surface area contributed by atoms with Crippen LogP contribution in [0.5, 0.6) is 6.01 Å². The monoisotopic (exact) mass is 438 g/mol. The van der Waals surface area contributed by atoms with Gasteiger partial charge in [0.25, 0.3) is 0 Å². The number of allylic oxidation sites excluding steroid dienone is 3. The standard InChI is InChI=1S/C23H30N6O3/c1-13-5-6-19-17(12-27-29-19)20(13)16(21(25-4)15(3)22(24)31)11-14(2)18-7-8-26-23(28-18)32-10-9-30/h5-8,11,15,25,27,29-30H,9-10,12H2,1-4H3,(H2,24,31)/b14-11+,21-16-. The average Bonchev–Trinajstić information content (AvgIpc) is 3.26. The van der Waals surface area contributed by atoms with Gasteiger partial charge in [-0.25, -0.2) is 10.4 Å². The van der Waals surface area contributed by atoms with E-state index in [1.165, 1.54) is 0 Å². The highest BCUT2D eigenvalue weighted by molar-refractivity contribution is 5.92. The number of amides is 1. The fourth-order valence-electron chi connectivity index (χ4n) is 3.74. The quantitative estimate of drug-likeness (QED) is 0.374. The molecule has 0 fully saturated rings. The molecule has 1 aromatic heterocycles. The molecule has 170 valence electrons. The van der Waals surface area contributed by atoms with Crippen molar-refractivity contribution in [1.29, 1.82) is 0 Å². The summed E-state index contributed by atoms with van der Waals surface area (Å²) in [6, 6.07) is 6.07. The normalized spacial score (nSPS) is 14.8. The first-order chi connectivity index (χ1) is 15.4.